The summed E-state index contributed by atoms with van der Waals surface area (Å²) in [5.74, 6) is 0.821. The maximum absolute atomic E-state index is 12.1. The van der Waals surface area contributed by atoms with Gasteiger partial charge in [0.25, 0.3) is 0 Å². The lowest BCUT2D eigenvalue weighted by atomic mass is 9.94. The lowest BCUT2D eigenvalue weighted by molar-refractivity contribution is 0.0177. The van der Waals surface area contributed by atoms with Crippen LogP contribution in [0.15, 0.2) is 24.3 Å². The third-order valence-corrected chi connectivity index (χ3v) is 4.32. The van der Waals surface area contributed by atoms with Crippen LogP contribution in [0.1, 0.15) is 50.4 Å². The number of hydrogen-bond donors (Lipinski definition) is 0. The lowest BCUT2D eigenvalue weighted by Gasteiger charge is -2.33. The number of esters is 1. The van der Waals surface area contributed by atoms with Crippen molar-refractivity contribution in [2.45, 2.75) is 45.6 Å². The van der Waals surface area contributed by atoms with Crippen LogP contribution in [0.2, 0.25) is 0 Å². The zero-order valence-electron chi connectivity index (χ0n) is 16.1. The van der Waals surface area contributed by atoms with Crippen LogP contribution in [0.3, 0.4) is 0 Å². The zero-order chi connectivity index (χ0) is 19.2. The van der Waals surface area contributed by atoms with E-state index in [9.17, 15) is 9.59 Å². The number of likely N-dealkylation sites (tertiary alicyclic amines) is 1. The van der Waals surface area contributed by atoms with Gasteiger partial charge in [-0.3, -0.25) is 0 Å². The Morgan fingerprint density at radius 3 is 2.50 bits per heavy atom. The summed E-state index contributed by atoms with van der Waals surface area (Å²) >= 11 is 0. The van der Waals surface area contributed by atoms with Crippen molar-refractivity contribution in [2.24, 2.45) is 5.92 Å². The molecule has 0 bridgehead atoms. The minimum Gasteiger partial charge on any atom is -0.494 e. The van der Waals surface area contributed by atoms with E-state index in [0.29, 0.717) is 23.8 Å². The van der Waals surface area contributed by atoms with Gasteiger partial charge in [-0.05, 0) is 64.2 Å². The molecule has 0 aliphatic carbocycles. The molecule has 1 aliphatic heterocycles. The van der Waals surface area contributed by atoms with Gasteiger partial charge >= 0.3 is 12.1 Å². The summed E-state index contributed by atoms with van der Waals surface area (Å²) in [7, 11) is 1.36. The standard InChI is InChI=1S/C20H29NO5/c1-20(2,3)26-19(23)21-11-8-15(9-12-21)10-13-25-17-7-5-6-16(14-17)18(22)24-4/h5-7,14-15H,8-13H2,1-4H3. The summed E-state index contributed by atoms with van der Waals surface area (Å²) < 4.78 is 15.9. The smallest absolute Gasteiger partial charge is 0.410 e. The Balaban J connectivity index is 1.72. The number of carbonyl (C=O) groups is 2. The van der Waals surface area contributed by atoms with E-state index in [4.69, 9.17) is 14.2 Å². The SMILES string of the molecule is COC(=O)c1cccc(OCCC2CCN(C(=O)OC(C)(C)C)CC2)c1. The van der Waals surface area contributed by atoms with Crippen LogP contribution >= 0.6 is 0 Å². The van der Waals surface area contributed by atoms with Gasteiger partial charge in [-0.15, -0.1) is 0 Å². The van der Waals surface area contributed by atoms with E-state index in [1.165, 1.54) is 7.11 Å². The quantitative estimate of drug-likeness (QED) is 0.743. The molecule has 0 unspecified atom stereocenters. The largest absolute Gasteiger partial charge is 0.494 e. The fourth-order valence-corrected chi connectivity index (χ4v) is 2.90. The minimum absolute atomic E-state index is 0.230. The predicted octanol–water partition coefficient (Wildman–Crippen LogP) is 3.89. The molecule has 2 rings (SSSR count). The van der Waals surface area contributed by atoms with Gasteiger partial charge in [0.05, 0.1) is 19.3 Å². The molecule has 0 atom stereocenters. The topological polar surface area (TPSA) is 65.1 Å². The first-order valence-electron chi connectivity index (χ1n) is 9.07. The van der Waals surface area contributed by atoms with Gasteiger partial charge in [0.2, 0.25) is 0 Å². The van der Waals surface area contributed by atoms with E-state index in [1.807, 2.05) is 26.8 Å². The molecule has 0 aromatic heterocycles. The second-order valence-corrected chi connectivity index (χ2v) is 7.57. The number of benzene rings is 1. The normalized spacial score (nSPS) is 15.5. The van der Waals surface area contributed by atoms with Crippen LogP contribution in [-0.2, 0) is 9.47 Å². The molecule has 1 fully saturated rings. The molecule has 1 aromatic carbocycles. The number of carbonyl (C=O) groups excluding carboxylic acids is 2. The predicted molar refractivity (Wildman–Crippen MR) is 98.4 cm³/mol. The highest BCUT2D eigenvalue weighted by Crippen LogP contribution is 2.23. The average Bonchev–Trinajstić information content (AvgIpc) is 2.60. The van der Waals surface area contributed by atoms with Crippen molar-refractivity contribution in [1.82, 2.24) is 4.90 Å². The van der Waals surface area contributed by atoms with E-state index < -0.39 is 5.60 Å². The van der Waals surface area contributed by atoms with Gasteiger partial charge < -0.3 is 19.1 Å². The highest BCUT2D eigenvalue weighted by Gasteiger charge is 2.26. The van der Waals surface area contributed by atoms with Gasteiger partial charge in [-0.1, -0.05) is 6.07 Å². The van der Waals surface area contributed by atoms with Crippen LogP contribution in [0.5, 0.6) is 5.75 Å². The number of nitrogens with zero attached hydrogens (tertiary/aromatic N) is 1. The Hall–Kier alpha value is -2.24. The van der Waals surface area contributed by atoms with Gasteiger partial charge in [0.1, 0.15) is 11.4 Å². The third kappa shape index (κ3) is 6.24. The highest BCUT2D eigenvalue weighted by molar-refractivity contribution is 5.89. The molecule has 26 heavy (non-hydrogen) atoms. The van der Waals surface area contributed by atoms with E-state index in [0.717, 1.165) is 32.4 Å². The third-order valence-electron chi connectivity index (χ3n) is 4.32. The van der Waals surface area contributed by atoms with Crippen LogP contribution in [0.4, 0.5) is 4.79 Å². The fraction of sp³-hybridized carbons (Fsp3) is 0.600. The summed E-state index contributed by atoms with van der Waals surface area (Å²) in [5.41, 5.74) is 0.0243. The number of rotatable bonds is 5. The van der Waals surface area contributed by atoms with Crippen molar-refractivity contribution in [3.63, 3.8) is 0 Å². The highest BCUT2D eigenvalue weighted by atomic mass is 16.6. The number of ether oxygens (including phenoxy) is 3. The van der Waals surface area contributed by atoms with Crippen molar-refractivity contribution < 1.29 is 23.8 Å². The molecule has 6 heteroatoms. The molecule has 0 N–H and O–H groups in total. The maximum Gasteiger partial charge on any atom is 0.410 e. The van der Waals surface area contributed by atoms with E-state index in [-0.39, 0.29) is 12.1 Å². The number of methoxy groups -OCH3 is 1. The summed E-state index contributed by atoms with van der Waals surface area (Å²) in [6.45, 7) is 7.66. The molecule has 144 valence electrons. The van der Waals surface area contributed by atoms with E-state index in [1.54, 1.807) is 23.1 Å². The van der Waals surface area contributed by atoms with Crippen molar-refractivity contribution in [1.29, 1.82) is 0 Å². The first kappa shape index (κ1) is 20.1. The first-order valence-corrected chi connectivity index (χ1v) is 9.07. The fourth-order valence-electron chi connectivity index (χ4n) is 2.90. The van der Waals surface area contributed by atoms with Gasteiger partial charge in [-0.2, -0.15) is 0 Å². The molecular weight excluding hydrogens is 334 g/mol. The number of amides is 1. The lowest BCUT2D eigenvalue weighted by Crippen LogP contribution is -2.41. The number of hydrogen-bond acceptors (Lipinski definition) is 5. The summed E-state index contributed by atoms with van der Waals surface area (Å²) in [6.07, 6.45) is 2.59. The zero-order valence-corrected chi connectivity index (χ0v) is 16.1. The molecule has 0 radical (unpaired) electrons. The summed E-state index contributed by atoms with van der Waals surface area (Å²) in [5, 5.41) is 0. The van der Waals surface area contributed by atoms with Crippen LogP contribution < -0.4 is 4.74 Å². The van der Waals surface area contributed by atoms with Gasteiger partial charge in [-0.25, -0.2) is 9.59 Å². The van der Waals surface area contributed by atoms with Crippen LogP contribution in [0.25, 0.3) is 0 Å². The van der Waals surface area contributed by atoms with Gasteiger partial charge in [0.15, 0.2) is 0 Å². The Morgan fingerprint density at radius 2 is 1.88 bits per heavy atom. The first-order chi connectivity index (χ1) is 12.3. The molecule has 1 amide bonds. The monoisotopic (exact) mass is 363 g/mol. The van der Waals surface area contributed by atoms with Crippen molar-refractivity contribution in [2.75, 3.05) is 26.8 Å². The van der Waals surface area contributed by atoms with Crippen LogP contribution in [0, 0.1) is 5.92 Å². The minimum atomic E-state index is -0.458. The van der Waals surface area contributed by atoms with Gasteiger partial charge in [0, 0.05) is 13.1 Å². The number of piperidine rings is 1. The Morgan fingerprint density at radius 1 is 1.19 bits per heavy atom. The molecule has 1 heterocycles. The maximum atomic E-state index is 12.1. The van der Waals surface area contributed by atoms with Crippen LogP contribution in [-0.4, -0.2) is 49.4 Å². The molecule has 1 aromatic rings. The molecule has 6 nitrogen and oxygen atoms in total. The second kappa shape index (κ2) is 8.92. The van der Waals surface area contributed by atoms with E-state index in [2.05, 4.69) is 0 Å². The van der Waals surface area contributed by atoms with Crippen molar-refractivity contribution in [3.05, 3.63) is 29.8 Å². The Bertz CT molecular complexity index is 615. The van der Waals surface area contributed by atoms with E-state index >= 15 is 0 Å². The summed E-state index contributed by atoms with van der Waals surface area (Å²) in [4.78, 5) is 25.4. The molecular formula is C20H29NO5. The summed E-state index contributed by atoms with van der Waals surface area (Å²) in [6, 6.07) is 7.00. The Labute approximate surface area is 155 Å². The van der Waals surface area contributed by atoms with Crippen molar-refractivity contribution in [3.8, 4) is 5.75 Å². The Kier molecular flexibility index (Phi) is 6.89. The molecule has 1 aliphatic rings. The molecule has 1 saturated heterocycles. The van der Waals surface area contributed by atoms with Crippen molar-refractivity contribution >= 4 is 12.1 Å². The molecule has 0 saturated carbocycles. The molecule has 0 spiro atoms. The second-order valence-electron chi connectivity index (χ2n) is 7.57. The average molecular weight is 363 g/mol.